The van der Waals surface area contributed by atoms with Crippen LogP contribution in [0.5, 0.6) is 0 Å². The van der Waals surface area contributed by atoms with Gasteiger partial charge in [-0.25, -0.2) is 8.78 Å². The minimum Gasteiger partial charge on any atom is -0.384 e. The van der Waals surface area contributed by atoms with E-state index in [1.807, 2.05) is 29.2 Å². The number of anilines is 2. The van der Waals surface area contributed by atoms with Crippen molar-refractivity contribution in [3.8, 4) is 0 Å². The standard InChI is InChI=1S/C19H20ClF2N3O/c20-14-2-1-3-16(12-14)24-8-10-25(11-9-24)19(26)6-7-23-15-4-5-17(21)18(22)13-15/h1-5,12-13,23H,6-11H2. The van der Waals surface area contributed by atoms with E-state index in [1.54, 1.807) is 0 Å². The number of hydrogen-bond donors (Lipinski definition) is 1. The minimum atomic E-state index is -0.904. The maximum atomic E-state index is 13.2. The van der Waals surface area contributed by atoms with Gasteiger partial charge in [0, 0.05) is 55.5 Å². The summed E-state index contributed by atoms with van der Waals surface area (Å²) in [5, 5.41) is 3.64. The number of nitrogens with one attached hydrogen (secondary N) is 1. The van der Waals surface area contributed by atoms with Gasteiger partial charge in [0.1, 0.15) is 0 Å². The summed E-state index contributed by atoms with van der Waals surface area (Å²) in [6, 6.07) is 11.3. The molecule has 0 unspecified atom stereocenters. The Morgan fingerprint density at radius 1 is 1.04 bits per heavy atom. The summed E-state index contributed by atoms with van der Waals surface area (Å²) in [5.41, 5.74) is 1.52. The van der Waals surface area contributed by atoms with Crippen LogP contribution in [0, 0.1) is 11.6 Å². The third kappa shape index (κ3) is 4.64. The number of nitrogens with zero attached hydrogens (tertiary/aromatic N) is 2. The Bertz CT molecular complexity index is 779. The van der Waals surface area contributed by atoms with Crippen molar-refractivity contribution in [1.82, 2.24) is 4.90 Å². The highest BCUT2D eigenvalue weighted by atomic mass is 35.5. The van der Waals surface area contributed by atoms with E-state index in [9.17, 15) is 13.6 Å². The molecule has 0 atom stereocenters. The van der Waals surface area contributed by atoms with Crippen LogP contribution in [0.2, 0.25) is 5.02 Å². The normalized spacial score (nSPS) is 14.4. The first-order valence-corrected chi connectivity index (χ1v) is 8.88. The SMILES string of the molecule is O=C(CCNc1ccc(F)c(F)c1)N1CCN(c2cccc(Cl)c2)CC1. The molecule has 7 heteroatoms. The molecule has 1 fully saturated rings. The Balaban J connectivity index is 1.44. The van der Waals surface area contributed by atoms with Crippen molar-refractivity contribution in [2.75, 3.05) is 42.9 Å². The molecule has 138 valence electrons. The van der Waals surface area contributed by atoms with Gasteiger partial charge in [-0.05, 0) is 36.4 Å². The number of hydrogen-bond acceptors (Lipinski definition) is 3. The van der Waals surface area contributed by atoms with Gasteiger partial charge in [0.15, 0.2) is 11.6 Å². The molecule has 4 nitrogen and oxygen atoms in total. The Morgan fingerprint density at radius 3 is 2.50 bits per heavy atom. The number of piperazine rings is 1. The third-order valence-corrected chi connectivity index (χ3v) is 4.63. The van der Waals surface area contributed by atoms with Crippen LogP contribution in [0.3, 0.4) is 0 Å². The van der Waals surface area contributed by atoms with Crippen LogP contribution in [0.4, 0.5) is 20.2 Å². The highest BCUT2D eigenvalue weighted by Gasteiger charge is 2.21. The number of benzene rings is 2. The van der Waals surface area contributed by atoms with E-state index in [1.165, 1.54) is 6.07 Å². The minimum absolute atomic E-state index is 0.0471. The van der Waals surface area contributed by atoms with E-state index in [0.29, 0.717) is 36.8 Å². The molecular weight excluding hydrogens is 360 g/mol. The van der Waals surface area contributed by atoms with Gasteiger partial charge in [-0.1, -0.05) is 17.7 Å². The summed E-state index contributed by atoms with van der Waals surface area (Å²) < 4.78 is 26.0. The van der Waals surface area contributed by atoms with E-state index >= 15 is 0 Å². The van der Waals surface area contributed by atoms with Gasteiger partial charge >= 0.3 is 0 Å². The molecule has 1 aliphatic rings. The largest absolute Gasteiger partial charge is 0.384 e. The number of rotatable bonds is 5. The molecule has 0 radical (unpaired) electrons. The summed E-state index contributed by atoms with van der Waals surface area (Å²) >= 11 is 6.03. The summed E-state index contributed by atoms with van der Waals surface area (Å²) in [4.78, 5) is 16.3. The maximum Gasteiger partial charge on any atom is 0.224 e. The molecule has 2 aromatic rings. The highest BCUT2D eigenvalue weighted by Crippen LogP contribution is 2.21. The molecule has 0 aliphatic carbocycles. The molecule has 1 aliphatic heterocycles. The Hall–Kier alpha value is -2.34. The molecule has 0 bridgehead atoms. The van der Waals surface area contributed by atoms with Crippen LogP contribution in [-0.4, -0.2) is 43.5 Å². The Kier molecular flexibility index (Phi) is 5.93. The van der Waals surface area contributed by atoms with Gasteiger partial charge < -0.3 is 15.1 Å². The van der Waals surface area contributed by atoms with Crippen molar-refractivity contribution >= 4 is 28.9 Å². The smallest absolute Gasteiger partial charge is 0.224 e. The van der Waals surface area contributed by atoms with Crippen molar-refractivity contribution in [3.63, 3.8) is 0 Å². The average Bonchev–Trinajstić information content (AvgIpc) is 2.65. The van der Waals surface area contributed by atoms with E-state index in [4.69, 9.17) is 11.6 Å². The van der Waals surface area contributed by atoms with Crippen molar-refractivity contribution in [2.45, 2.75) is 6.42 Å². The summed E-state index contributed by atoms with van der Waals surface area (Å²) in [6.45, 7) is 3.18. The number of carbonyl (C=O) groups is 1. The average molecular weight is 380 g/mol. The van der Waals surface area contributed by atoms with Gasteiger partial charge in [0.25, 0.3) is 0 Å². The fraction of sp³-hybridized carbons (Fsp3) is 0.316. The first-order valence-electron chi connectivity index (χ1n) is 8.50. The van der Waals surface area contributed by atoms with Crippen molar-refractivity contribution in [3.05, 3.63) is 59.1 Å². The number of amides is 1. The van der Waals surface area contributed by atoms with Gasteiger partial charge in [-0.15, -0.1) is 0 Å². The molecule has 3 rings (SSSR count). The monoisotopic (exact) mass is 379 g/mol. The lowest BCUT2D eigenvalue weighted by Crippen LogP contribution is -2.49. The third-order valence-electron chi connectivity index (χ3n) is 4.39. The summed E-state index contributed by atoms with van der Waals surface area (Å²) in [5.74, 6) is -1.74. The molecule has 2 aromatic carbocycles. The van der Waals surface area contributed by atoms with Gasteiger partial charge in [0.2, 0.25) is 5.91 Å². The molecule has 1 N–H and O–H groups in total. The van der Waals surface area contributed by atoms with Crippen LogP contribution in [-0.2, 0) is 4.79 Å². The molecule has 1 amide bonds. The predicted molar refractivity (Wildman–Crippen MR) is 99.7 cm³/mol. The van der Waals surface area contributed by atoms with Crippen LogP contribution < -0.4 is 10.2 Å². The Labute approximate surface area is 156 Å². The van der Waals surface area contributed by atoms with Crippen molar-refractivity contribution < 1.29 is 13.6 Å². The zero-order valence-electron chi connectivity index (χ0n) is 14.2. The topological polar surface area (TPSA) is 35.6 Å². The molecule has 0 saturated carbocycles. The van der Waals surface area contributed by atoms with E-state index in [-0.39, 0.29) is 5.91 Å². The first kappa shape index (κ1) is 18.5. The van der Waals surface area contributed by atoms with Crippen molar-refractivity contribution in [1.29, 1.82) is 0 Å². The quantitative estimate of drug-likeness (QED) is 0.859. The lowest BCUT2D eigenvalue weighted by Gasteiger charge is -2.36. The predicted octanol–water partition coefficient (Wildman–Crippen LogP) is 3.77. The molecule has 0 aromatic heterocycles. The van der Waals surface area contributed by atoms with Crippen LogP contribution in [0.15, 0.2) is 42.5 Å². The molecule has 1 heterocycles. The second-order valence-corrected chi connectivity index (χ2v) is 6.59. The zero-order valence-corrected chi connectivity index (χ0v) is 15.0. The van der Waals surface area contributed by atoms with Crippen LogP contribution >= 0.6 is 11.6 Å². The zero-order chi connectivity index (χ0) is 18.5. The van der Waals surface area contributed by atoms with Crippen LogP contribution in [0.1, 0.15) is 6.42 Å². The first-order chi connectivity index (χ1) is 12.5. The molecule has 1 saturated heterocycles. The lowest BCUT2D eigenvalue weighted by atomic mass is 10.2. The van der Waals surface area contributed by atoms with E-state index < -0.39 is 11.6 Å². The van der Waals surface area contributed by atoms with E-state index in [0.717, 1.165) is 30.9 Å². The van der Waals surface area contributed by atoms with Gasteiger partial charge in [0.05, 0.1) is 0 Å². The maximum absolute atomic E-state index is 13.2. The molecular formula is C19H20ClF2N3O. The second-order valence-electron chi connectivity index (χ2n) is 6.15. The molecule has 0 spiro atoms. The number of carbonyl (C=O) groups excluding carboxylic acids is 1. The summed E-state index contributed by atoms with van der Waals surface area (Å²) in [6.07, 6.45) is 0.302. The lowest BCUT2D eigenvalue weighted by molar-refractivity contribution is -0.131. The summed E-state index contributed by atoms with van der Waals surface area (Å²) in [7, 11) is 0. The fourth-order valence-electron chi connectivity index (χ4n) is 2.96. The highest BCUT2D eigenvalue weighted by molar-refractivity contribution is 6.30. The number of halogens is 3. The Morgan fingerprint density at radius 2 is 1.81 bits per heavy atom. The molecule has 26 heavy (non-hydrogen) atoms. The van der Waals surface area contributed by atoms with Crippen molar-refractivity contribution in [2.24, 2.45) is 0 Å². The second kappa shape index (κ2) is 8.36. The van der Waals surface area contributed by atoms with E-state index in [2.05, 4.69) is 10.2 Å². The van der Waals surface area contributed by atoms with Gasteiger partial charge in [-0.3, -0.25) is 4.79 Å². The fourth-order valence-corrected chi connectivity index (χ4v) is 3.15. The van der Waals surface area contributed by atoms with Crippen LogP contribution in [0.25, 0.3) is 0 Å². The van der Waals surface area contributed by atoms with Gasteiger partial charge in [-0.2, -0.15) is 0 Å².